The van der Waals surface area contributed by atoms with Crippen LogP contribution in [0.4, 0.5) is 4.79 Å². The van der Waals surface area contributed by atoms with Gasteiger partial charge in [-0.05, 0) is 38.5 Å². The van der Waals surface area contributed by atoms with Gasteiger partial charge in [-0.1, -0.05) is 6.92 Å². The zero-order chi connectivity index (χ0) is 19.4. The van der Waals surface area contributed by atoms with Gasteiger partial charge in [0.2, 0.25) is 0 Å². The first kappa shape index (κ1) is 19.2. The van der Waals surface area contributed by atoms with E-state index >= 15 is 0 Å². The Kier molecular flexibility index (Phi) is 6.01. The lowest BCUT2D eigenvalue weighted by atomic mass is 10.1. The fraction of sp³-hybridized carbons (Fsp3) is 0.400. The first-order valence-corrected chi connectivity index (χ1v) is 9.94. The van der Waals surface area contributed by atoms with Gasteiger partial charge in [-0.2, -0.15) is 0 Å². The standard InChI is InChI=1S/C20H25N3O3S/c1-5-18-23-14(11-27-18)8-9-21-20(24)22-13(3)19-12(2)16-10-15(25-4)6-7-17(16)26-19/h6-7,10-11,13H,5,8-9H2,1-4H3,(H2,21,22,24). The van der Waals surface area contributed by atoms with Crippen LogP contribution in [-0.2, 0) is 12.8 Å². The Bertz CT molecular complexity index is 932. The first-order valence-electron chi connectivity index (χ1n) is 9.06. The van der Waals surface area contributed by atoms with Gasteiger partial charge in [-0.3, -0.25) is 0 Å². The Morgan fingerprint density at radius 3 is 2.93 bits per heavy atom. The molecule has 1 aromatic carbocycles. The molecule has 0 spiro atoms. The molecule has 3 aromatic rings. The lowest BCUT2D eigenvalue weighted by Crippen LogP contribution is -2.38. The third kappa shape index (κ3) is 4.42. The highest BCUT2D eigenvalue weighted by Gasteiger charge is 2.18. The summed E-state index contributed by atoms with van der Waals surface area (Å²) < 4.78 is 11.2. The van der Waals surface area contributed by atoms with Crippen molar-refractivity contribution in [2.75, 3.05) is 13.7 Å². The number of carbonyl (C=O) groups excluding carboxylic acids is 1. The fourth-order valence-electron chi connectivity index (χ4n) is 3.00. The third-order valence-electron chi connectivity index (χ3n) is 4.49. The maximum absolute atomic E-state index is 12.2. The molecule has 0 aliphatic carbocycles. The molecule has 0 fully saturated rings. The second-order valence-electron chi connectivity index (χ2n) is 6.41. The number of hydrogen-bond donors (Lipinski definition) is 2. The van der Waals surface area contributed by atoms with Crippen LogP contribution in [0.1, 0.15) is 41.9 Å². The van der Waals surface area contributed by atoms with E-state index in [1.54, 1.807) is 18.4 Å². The van der Waals surface area contributed by atoms with Crippen LogP contribution in [0.15, 0.2) is 28.0 Å². The lowest BCUT2D eigenvalue weighted by molar-refractivity contribution is 0.236. The second-order valence-corrected chi connectivity index (χ2v) is 7.35. The number of benzene rings is 1. The van der Waals surface area contributed by atoms with Crippen LogP contribution < -0.4 is 15.4 Å². The zero-order valence-corrected chi connectivity index (χ0v) is 16.9. The quantitative estimate of drug-likeness (QED) is 0.631. The number of aryl methyl sites for hydroxylation is 2. The molecule has 2 amide bonds. The van der Waals surface area contributed by atoms with Gasteiger partial charge in [0, 0.05) is 29.3 Å². The highest BCUT2D eigenvalue weighted by Crippen LogP contribution is 2.31. The van der Waals surface area contributed by atoms with Crippen molar-refractivity contribution >= 4 is 28.3 Å². The Morgan fingerprint density at radius 1 is 1.41 bits per heavy atom. The third-order valence-corrected chi connectivity index (χ3v) is 5.53. The topological polar surface area (TPSA) is 76.4 Å². The summed E-state index contributed by atoms with van der Waals surface area (Å²) in [5.41, 5.74) is 2.81. The maximum Gasteiger partial charge on any atom is 0.315 e. The lowest BCUT2D eigenvalue weighted by Gasteiger charge is -2.13. The van der Waals surface area contributed by atoms with Crippen molar-refractivity contribution in [1.82, 2.24) is 15.6 Å². The van der Waals surface area contributed by atoms with Crippen molar-refractivity contribution < 1.29 is 13.9 Å². The molecule has 0 aliphatic rings. The molecule has 0 saturated carbocycles. The molecule has 0 saturated heterocycles. The van der Waals surface area contributed by atoms with Gasteiger partial charge >= 0.3 is 6.03 Å². The molecular formula is C20H25N3O3S. The van der Waals surface area contributed by atoms with Crippen molar-refractivity contribution in [2.24, 2.45) is 0 Å². The van der Waals surface area contributed by atoms with Crippen molar-refractivity contribution in [3.8, 4) is 5.75 Å². The number of rotatable bonds is 7. The Labute approximate surface area is 162 Å². The number of carbonyl (C=O) groups is 1. The average Bonchev–Trinajstić information content (AvgIpc) is 3.26. The van der Waals surface area contributed by atoms with E-state index in [2.05, 4.69) is 22.5 Å². The second kappa shape index (κ2) is 8.43. The van der Waals surface area contributed by atoms with Crippen LogP contribution in [0, 0.1) is 6.92 Å². The summed E-state index contributed by atoms with van der Waals surface area (Å²) in [7, 11) is 1.64. The van der Waals surface area contributed by atoms with Gasteiger partial charge < -0.3 is 19.8 Å². The van der Waals surface area contributed by atoms with E-state index in [1.165, 1.54) is 0 Å². The number of ether oxygens (including phenoxy) is 1. The summed E-state index contributed by atoms with van der Waals surface area (Å²) in [5, 5.41) is 9.99. The van der Waals surface area contributed by atoms with Gasteiger partial charge in [0.1, 0.15) is 17.1 Å². The minimum absolute atomic E-state index is 0.217. The van der Waals surface area contributed by atoms with E-state index in [9.17, 15) is 4.79 Å². The molecule has 3 rings (SSSR count). The minimum atomic E-state index is -0.241. The van der Waals surface area contributed by atoms with Crippen LogP contribution in [-0.4, -0.2) is 24.7 Å². The van der Waals surface area contributed by atoms with E-state index in [4.69, 9.17) is 9.15 Å². The van der Waals surface area contributed by atoms with Gasteiger partial charge in [0.05, 0.1) is 23.9 Å². The van der Waals surface area contributed by atoms with Gasteiger partial charge in [0.25, 0.3) is 0 Å². The molecule has 27 heavy (non-hydrogen) atoms. The predicted molar refractivity (Wildman–Crippen MR) is 108 cm³/mol. The number of amides is 2. The molecule has 7 heteroatoms. The van der Waals surface area contributed by atoms with Crippen LogP contribution in [0.5, 0.6) is 5.75 Å². The van der Waals surface area contributed by atoms with Gasteiger partial charge in [-0.25, -0.2) is 9.78 Å². The van der Waals surface area contributed by atoms with Gasteiger partial charge in [-0.15, -0.1) is 11.3 Å². The smallest absolute Gasteiger partial charge is 0.315 e. The predicted octanol–water partition coefficient (Wildman–Crippen LogP) is 4.37. The van der Waals surface area contributed by atoms with Crippen molar-refractivity contribution in [1.29, 1.82) is 0 Å². The largest absolute Gasteiger partial charge is 0.497 e. The number of methoxy groups -OCH3 is 1. The van der Waals surface area contributed by atoms with E-state index in [0.29, 0.717) is 6.54 Å². The number of aromatic nitrogens is 1. The Hall–Kier alpha value is -2.54. The molecule has 2 aromatic heterocycles. The van der Waals surface area contributed by atoms with Crippen LogP contribution in [0.2, 0.25) is 0 Å². The molecule has 2 N–H and O–H groups in total. The molecule has 0 aliphatic heterocycles. The highest BCUT2D eigenvalue weighted by atomic mass is 32.1. The molecule has 144 valence electrons. The van der Waals surface area contributed by atoms with Crippen LogP contribution >= 0.6 is 11.3 Å². The highest BCUT2D eigenvalue weighted by molar-refractivity contribution is 7.09. The Morgan fingerprint density at radius 2 is 2.22 bits per heavy atom. The minimum Gasteiger partial charge on any atom is -0.497 e. The molecule has 0 bridgehead atoms. The van der Waals surface area contributed by atoms with Crippen molar-refractivity contribution in [3.63, 3.8) is 0 Å². The van der Waals surface area contributed by atoms with Crippen molar-refractivity contribution in [2.45, 2.75) is 39.7 Å². The summed E-state index contributed by atoms with van der Waals surface area (Å²) >= 11 is 1.66. The van der Waals surface area contributed by atoms with E-state index < -0.39 is 0 Å². The van der Waals surface area contributed by atoms with Crippen LogP contribution in [0.3, 0.4) is 0 Å². The Balaban J connectivity index is 1.57. The van der Waals surface area contributed by atoms with E-state index in [1.807, 2.05) is 37.4 Å². The molecule has 2 heterocycles. The number of urea groups is 1. The first-order chi connectivity index (χ1) is 13.0. The van der Waals surface area contributed by atoms with Gasteiger partial charge in [0.15, 0.2) is 0 Å². The zero-order valence-electron chi connectivity index (χ0n) is 16.1. The number of hydrogen-bond acceptors (Lipinski definition) is 5. The number of nitrogens with one attached hydrogen (secondary N) is 2. The number of thiazole rings is 1. The summed E-state index contributed by atoms with van der Waals surface area (Å²) in [6.45, 7) is 6.54. The summed E-state index contributed by atoms with van der Waals surface area (Å²) in [6.07, 6.45) is 1.67. The van der Waals surface area contributed by atoms with Crippen molar-refractivity contribution in [3.05, 3.63) is 45.6 Å². The molecule has 0 radical (unpaired) electrons. The molecule has 1 atom stereocenters. The summed E-state index contributed by atoms with van der Waals surface area (Å²) in [6, 6.07) is 5.24. The number of furan rings is 1. The summed E-state index contributed by atoms with van der Waals surface area (Å²) in [4.78, 5) is 16.7. The average molecular weight is 388 g/mol. The number of nitrogens with zero attached hydrogens (tertiary/aromatic N) is 1. The maximum atomic E-state index is 12.2. The molecule has 6 nitrogen and oxygen atoms in total. The van der Waals surface area contributed by atoms with E-state index in [0.717, 1.165) is 51.6 Å². The van der Waals surface area contributed by atoms with E-state index in [-0.39, 0.29) is 12.1 Å². The van der Waals surface area contributed by atoms with Crippen LogP contribution in [0.25, 0.3) is 11.0 Å². The molecular weight excluding hydrogens is 362 g/mol. The normalized spacial score (nSPS) is 12.1. The number of fused-ring (bicyclic) bond motifs is 1. The SMILES string of the molecule is CCc1nc(CCNC(=O)NC(C)c2oc3ccc(OC)cc3c2C)cs1. The summed E-state index contributed by atoms with van der Waals surface area (Å²) in [5.74, 6) is 1.53. The molecule has 1 unspecified atom stereocenters. The monoisotopic (exact) mass is 387 g/mol. The fourth-order valence-corrected chi connectivity index (χ4v) is 3.78.